The Balaban J connectivity index is 1.24. The molecule has 0 amide bonds. The van der Waals surface area contributed by atoms with E-state index < -0.39 is 11.7 Å². The molecule has 0 radical (unpaired) electrons. The van der Waals surface area contributed by atoms with Gasteiger partial charge in [-0.05, 0) is 82.4 Å². The van der Waals surface area contributed by atoms with Gasteiger partial charge in [-0.2, -0.15) is 13.2 Å². The molecule has 0 unspecified atom stereocenters. The normalized spacial score (nSPS) is 11.9. The zero-order chi connectivity index (χ0) is 33.5. The highest BCUT2D eigenvalue weighted by atomic mass is 19.4. The fourth-order valence-corrected chi connectivity index (χ4v) is 7.12. The topological polar surface area (TPSA) is 17.8 Å². The van der Waals surface area contributed by atoms with Crippen molar-refractivity contribution in [1.82, 2.24) is 9.55 Å². The molecule has 0 saturated heterocycles. The number of halogens is 3. The Morgan fingerprint density at radius 3 is 1.88 bits per heavy atom. The van der Waals surface area contributed by atoms with E-state index in [2.05, 4.69) is 126 Å². The predicted octanol–water partition coefficient (Wildman–Crippen LogP) is 12.7. The number of benzene rings is 6. The van der Waals surface area contributed by atoms with Crippen LogP contribution >= 0.6 is 0 Å². The van der Waals surface area contributed by atoms with Crippen LogP contribution in [0.2, 0.25) is 0 Å². The molecule has 0 bridgehead atoms. The van der Waals surface area contributed by atoms with Crippen molar-refractivity contribution in [3.8, 4) is 39.2 Å². The lowest BCUT2D eigenvalue weighted by atomic mass is 9.90. The second-order valence-electron chi connectivity index (χ2n) is 12.5. The van der Waals surface area contributed by atoms with Crippen LogP contribution < -0.4 is 0 Å². The molecule has 49 heavy (non-hydrogen) atoms. The van der Waals surface area contributed by atoms with E-state index in [1.165, 1.54) is 22.4 Å². The molecule has 0 aliphatic rings. The molecule has 6 aromatic carbocycles. The first kappa shape index (κ1) is 30.6. The van der Waals surface area contributed by atoms with E-state index in [-0.39, 0.29) is 5.39 Å². The van der Waals surface area contributed by atoms with Gasteiger partial charge in [0.05, 0.1) is 22.3 Å². The number of fused-ring (bicyclic) bond motifs is 4. The van der Waals surface area contributed by atoms with Gasteiger partial charge in [0.15, 0.2) is 0 Å². The number of hydrogen-bond donors (Lipinski definition) is 0. The van der Waals surface area contributed by atoms with Crippen molar-refractivity contribution >= 4 is 32.6 Å². The number of para-hydroxylation sites is 2. The lowest BCUT2D eigenvalue weighted by Gasteiger charge is -2.16. The van der Waals surface area contributed by atoms with Gasteiger partial charge < -0.3 is 4.57 Å². The smallest absolute Gasteiger partial charge is 0.309 e. The number of alkyl halides is 3. The van der Waals surface area contributed by atoms with Crippen molar-refractivity contribution in [2.75, 3.05) is 0 Å². The Bertz CT molecular complexity index is 2440. The number of unbranched alkanes of at least 4 members (excludes halogenated alkanes) is 1. The standard InChI is InChI=1S/C44H33F3N2/c1-2-3-12-29-23-24-33(43-38-20-5-4-17-35(38)40(28-48-43)44(45,46)47)27-39(29)32-15-10-13-30(25-32)31-14-11-16-34(26-31)49-41-21-8-6-18-36(41)37-19-7-9-22-42(37)49/h4-11,13-28H,2-3,12H2,1H3. The molecule has 240 valence electrons. The maximum atomic E-state index is 13.9. The third-order valence-electron chi connectivity index (χ3n) is 9.47. The summed E-state index contributed by atoms with van der Waals surface area (Å²) in [6.45, 7) is 2.18. The molecule has 8 aromatic rings. The molecule has 5 heteroatoms. The van der Waals surface area contributed by atoms with Crippen LogP contribution in [0.25, 0.3) is 71.8 Å². The Kier molecular flexibility index (Phi) is 7.76. The van der Waals surface area contributed by atoms with Gasteiger partial charge in [-0.15, -0.1) is 0 Å². The van der Waals surface area contributed by atoms with Crippen LogP contribution in [0.3, 0.4) is 0 Å². The van der Waals surface area contributed by atoms with E-state index in [1.807, 2.05) is 6.07 Å². The third kappa shape index (κ3) is 5.55. The van der Waals surface area contributed by atoms with E-state index >= 15 is 0 Å². The van der Waals surface area contributed by atoms with Gasteiger partial charge in [0.2, 0.25) is 0 Å². The fraction of sp³-hybridized carbons (Fsp3) is 0.114. The highest BCUT2D eigenvalue weighted by Crippen LogP contribution is 2.40. The second-order valence-corrected chi connectivity index (χ2v) is 12.5. The van der Waals surface area contributed by atoms with Crippen molar-refractivity contribution in [2.45, 2.75) is 32.4 Å². The Labute approximate surface area is 283 Å². The summed E-state index contributed by atoms with van der Waals surface area (Å²) in [5.74, 6) is 0. The second kappa shape index (κ2) is 12.4. The van der Waals surface area contributed by atoms with E-state index in [9.17, 15) is 13.2 Å². The molecule has 2 heterocycles. The quantitative estimate of drug-likeness (QED) is 0.168. The van der Waals surface area contributed by atoms with Gasteiger partial charge in [-0.1, -0.05) is 116 Å². The summed E-state index contributed by atoms with van der Waals surface area (Å²) >= 11 is 0. The van der Waals surface area contributed by atoms with E-state index in [4.69, 9.17) is 0 Å². The fourth-order valence-electron chi connectivity index (χ4n) is 7.12. The number of aryl methyl sites for hydroxylation is 1. The molecule has 2 nitrogen and oxygen atoms in total. The van der Waals surface area contributed by atoms with E-state index in [0.29, 0.717) is 11.1 Å². The first-order chi connectivity index (χ1) is 23.9. The van der Waals surface area contributed by atoms with Crippen LogP contribution in [0.15, 0.2) is 146 Å². The number of nitrogens with zero attached hydrogens (tertiary/aromatic N) is 2. The largest absolute Gasteiger partial charge is 0.418 e. The maximum Gasteiger partial charge on any atom is 0.418 e. The molecule has 0 aliphatic carbocycles. The first-order valence-electron chi connectivity index (χ1n) is 16.7. The minimum atomic E-state index is -4.49. The van der Waals surface area contributed by atoms with Crippen molar-refractivity contribution in [3.63, 3.8) is 0 Å². The summed E-state index contributed by atoms with van der Waals surface area (Å²) in [5.41, 5.74) is 9.55. The van der Waals surface area contributed by atoms with Gasteiger partial charge in [-0.3, -0.25) is 4.98 Å². The average molecular weight is 647 g/mol. The monoisotopic (exact) mass is 646 g/mol. The summed E-state index contributed by atoms with van der Waals surface area (Å²) in [6.07, 6.45) is -0.524. The molecule has 2 aromatic heterocycles. The SMILES string of the molecule is CCCCc1ccc(-c2ncc(C(F)(F)F)c3ccccc23)cc1-c1cccc(-c2cccc(-n3c4ccccc4c4ccccc43)c2)c1. The average Bonchev–Trinajstić information content (AvgIpc) is 3.47. The van der Waals surface area contributed by atoms with Gasteiger partial charge in [0, 0.05) is 33.6 Å². The number of hydrogen-bond acceptors (Lipinski definition) is 1. The Morgan fingerprint density at radius 2 is 1.18 bits per heavy atom. The third-order valence-corrected chi connectivity index (χ3v) is 9.47. The summed E-state index contributed by atoms with van der Waals surface area (Å²) in [4.78, 5) is 4.39. The van der Waals surface area contributed by atoms with Crippen molar-refractivity contribution in [1.29, 1.82) is 0 Å². The van der Waals surface area contributed by atoms with Crippen molar-refractivity contribution in [2.24, 2.45) is 0 Å². The Hall–Kier alpha value is -5.68. The molecule has 0 spiro atoms. The zero-order valence-electron chi connectivity index (χ0n) is 27.0. The van der Waals surface area contributed by atoms with Crippen molar-refractivity contribution < 1.29 is 13.2 Å². The lowest BCUT2D eigenvalue weighted by molar-refractivity contribution is -0.136. The highest BCUT2D eigenvalue weighted by molar-refractivity contribution is 6.09. The molecule has 0 aliphatic heterocycles. The first-order valence-corrected chi connectivity index (χ1v) is 16.7. The molecular formula is C44H33F3N2. The lowest BCUT2D eigenvalue weighted by Crippen LogP contribution is -2.07. The predicted molar refractivity (Wildman–Crippen MR) is 196 cm³/mol. The molecule has 0 atom stereocenters. The highest BCUT2D eigenvalue weighted by Gasteiger charge is 2.33. The van der Waals surface area contributed by atoms with Crippen molar-refractivity contribution in [3.05, 3.63) is 157 Å². The van der Waals surface area contributed by atoms with Gasteiger partial charge in [-0.25, -0.2) is 0 Å². The zero-order valence-corrected chi connectivity index (χ0v) is 27.0. The molecular weight excluding hydrogens is 613 g/mol. The van der Waals surface area contributed by atoms with Crippen LogP contribution in [0, 0.1) is 0 Å². The van der Waals surface area contributed by atoms with Crippen LogP contribution in [-0.2, 0) is 12.6 Å². The minimum absolute atomic E-state index is 0.154. The summed E-state index contributed by atoms with van der Waals surface area (Å²) in [7, 11) is 0. The molecule has 0 fully saturated rings. The summed E-state index contributed by atoms with van der Waals surface area (Å²) in [6, 6.07) is 47.1. The molecule has 8 rings (SSSR count). The van der Waals surface area contributed by atoms with Crippen LogP contribution in [0.5, 0.6) is 0 Å². The van der Waals surface area contributed by atoms with Crippen LogP contribution in [0.1, 0.15) is 30.9 Å². The van der Waals surface area contributed by atoms with E-state index in [1.54, 1.807) is 18.2 Å². The molecule has 0 N–H and O–H groups in total. The minimum Gasteiger partial charge on any atom is -0.309 e. The molecule has 0 saturated carbocycles. The summed E-state index contributed by atoms with van der Waals surface area (Å²) < 4.78 is 44.0. The van der Waals surface area contributed by atoms with Gasteiger partial charge >= 0.3 is 6.18 Å². The van der Waals surface area contributed by atoms with Gasteiger partial charge in [0.25, 0.3) is 0 Å². The van der Waals surface area contributed by atoms with Crippen LogP contribution in [-0.4, -0.2) is 9.55 Å². The summed E-state index contributed by atoms with van der Waals surface area (Å²) in [5, 5.41) is 3.09. The maximum absolute atomic E-state index is 13.9. The Morgan fingerprint density at radius 1 is 0.571 bits per heavy atom. The van der Waals surface area contributed by atoms with E-state index in [0.717, 1.165) is 70.0 Å². The van der Waals surface area contributed by atoms with Gasteiger partial charge in [0.1, 0.15) is 0 Å². The number of rotatable bonds is 7. The number of pyridine rings is 1. The van der Waals surface area contributed by atoms with Crippen LogP contribution in [0.4, 0.5) is 13.2 Å². The number of aromatic nitrogens is 2.